The van der Waals surface area contributed by atoms with Gasteiger partial charge in [0.15, 0.2) is 0 Å². The molecule has 2 unspecified atom stereocenters. The Morgan fingerprint density at radius 3 is 1.54 bits per heavy atom. The van der Waals surface area contributed by atoms with Crippen molar-refractivity contribution in [1.29, 1.82) is 0 Å². The average molecular weight is 427 g/mol. The van der Waals surface area contributed by atoms with Gasteiger partial charge in [0.05, 0.1) is 13.2 Å². The zero-order chi connectivity index (χ0) is 20.9. The Morgan fingerprint density at radius 2 is 1.14 bits per heavy atom. The van der Waals surface area contributed by atoms with Crippen LogP contribution in [0.5, 0.6) is 0 Å². The Labute approximate surface area is 172 Å². The first-order valence-electron chi connectivity index (χ1n) is 11.4. The summed E-state index contributed by atoms with van der Waals surface area (Å²) in [6, 6.07) is 0. The third kappa shape index (κ3) is 24.0. The molecule has 0 aliphatic heterocycles. The van der Waals surface area contributed by atoms with E-state index in [0.29, 0.717) is 6.61 Å². The van der Waals surface area contributed by atoms with Crippen molar-refractivity contribution in [3.63, 3.8) is 0 Å². The maximum Gasteiger partial charge on any atom is 0.510 e. The number of hydrogen-bond donors (Lipinski definition) is 2. The molecule has 170 valence electrons. The second-order valence-electron chi connectivity index (χ2n) is 7.78. The van der Waals surface area contributed by atoms with E-state index in [1.165, 1.54) is 89.9 Å². The highest BCUT2D eigenvalue weighted by atomic mass is 31.2. The van der Waals surface area contributed by atoms with Crippen LogP contribution in [0.25, 0.3) is 0 Å². The van der Waals surface area contributed by atoms with Gasteiger partial charge in [-0.2, -0.15) is 0 Å². The molecule has 2 atom stereocenters. The molecule has 28 heavy (non-hydrogen) atoms. The van der Waals surface area contributed by atoms with Crippen LogP contribution in [0.2, 0.25) is 0 Å². The fourth-order valence-electron chi connectivity index (χ4n) is 3.20. The predicted molar refractivity (Wildman–Crippen MR) is 113 cm³/mol. The largest absolute Gasteiger partial charge is 0.510 e. The first-order valence-corrected chi connectivity index (χ1v) is 12.9. The number of rotatable bonds is 22. The molecule has 0 saturated heterocycles. The van der Waals surface area contributed by atoms with Crippen LogP contribution in [0.15, 0.2) is 0 Å². The summed E-state index contributed by atoms with van der Waals surface area (Å²) >= 11 is 0. The van der Waals surface area contributed by atoms with Gasteiger partial charge in [-0.3, -0.25) is 9.42 Å². The quantitative estimate of drug-likeness (QED) is 0.149. The van der Waals surface area contributed by atoms with Gasteiger partial charge in [-0.15, -0.1) is 4.20 Å². The fourth-order valence-corrected chi connectivity index (χ4v) is 3.55. The molecular formula is C21H44FO5P. The normalized spacial score (nSPS) is 14.9. The average Bonchev–Trinajstić information content (AvgIpc) is 2.65. The van der Waals surface area contributed by atoms with E-state index < -0.39 is 20.6 Å². The van der Waals surface area contributed by atoms with Gasteiger partial charge in [0, 0.05) is 6.61 Å². The van der Waals surface area contributed by atoms with Crippen molar-refractivity contribution in [2.24, 2.45) is 0 Å². The van der Waals surface area contributed by atoms with Crippen molar-refractivity contribution in [2.45, 2.75) is 116 Å². The lowest BCUT2D eigenvalue weighted by molar-refractivity contribution is 0.00667. The smallest absolute Gasteiger partial charge is 0.388 e. The monoisotopic (exact) mass is 426 g/mol. The third-order valence-corrected chi connectivity index (χ3v) is 5.35. The summed E-state index contributed by atoms with van der Waals surface area (Å²) in [4.78, 5) is 8.31. The first kappa shape index (κ1) is 28.0. The number of halogens is 1. The summed E-state index contributed by atoms with van der Waals surface area (Å²) in [6.45, 7) is 2.24. The van der Waals surface area contributed by atoms with Crippen molar-refractivity contribution in [3.05, 3.63) is 0 Å². The van der Waals surface area contributed by atoms with Gasteiger partial charge in [0.2, 0.25) is 0 Å². The van der Waals surface area contributed by atoms with Gasteiger partial charge in [0.25, 0.3) is 0 Å². The molecule has 0 rings (SSSR count). The number of unbranched alkanes of at least 4 members (excludes halogenated alkanes) is 15. The maximum absolute atomic E-state index is 12.2. The van der Waals surface area contributed by atoms with Crippen molar-refractivity contribution in [2.75, 3.05) is 19.8 Å². The molecule has 0 amide bonds. The summed E-state index contributed by atoms with van der Waals surface area (Å²) in [5.74, 6) is 0. The predicted octanol–water partition coefficient (Wildman–Crippen LogP) is 6.71. The molecular weight excluding hydrogens is 382 g/mol. The molecule has 0 radical (unpaired) electrons. The maximum atomic E-state index is 12.2. The minimum absolute atomic E-state index is 0.0151. The van der Waals surface area contributed by atoms with Crippen molar-refractivity contribution < 1.29 is 28.0 Å². The molecule has 2 N–H and O–H groups in total. The van der Waals surface area contributed by atoms with Gasteiger partial charge >= 0.3 is 7.91 Å². The molecule has 0 spiro atoms. The zero-order valence-corrected chi connectivity index (χ0v) is 18.9. The van der Waals surface area contributed by atoms with Crippen LogP contribution in [-0.2, 0) is 13.8 Å². The molecule has 5 nitrogen and oxygen atoms in total. The summed E-state index contributed by atoms with van der Waals surface area (Å²) in [6.07, 6.45) is 19.9. The molecule has 0 heterocycles. The highest BCUT2D eigenvalue weighted by Crippen LogP contribution is 2.43. The summed E-state index contributed by atoms with van der Waals surface area (Å²) in [5, 5.41) is 9.40. The second kappa shape index (κ2) is 20.3. The van der Waals surface area contributed by atoms with Crippen LogP contribution >= 0.6 is 7.91 Å². The molecule has 7 heteroatoms. The van der Waals surface area contributed by atoms with Crippen LogP contribution < -0.4 is 0 Å². The van der Waals surface area contributed by atoms with E-state index in [0.717, 1.165) is 12.8 Å². The second-order valence-corrected chi connectivity index (χ2v) is 8.94. The SMILES string of the molecule is CCCCCCCCCCCCCCCCCCOCC(O)COP(=O)(O)F. The van der Waals surface area contributed by atoms with Gasteiger partial charge in [0.1, 0.15) is 6.10 Å². The van der Waals surface area contributed by atoms with Crippen LogP contribution in [0, 0.1) is 0 Å². The molecule has 0 aliphatic rings. The Balaban J connectivity index is 3.13. The minimum atomic E-state index is -5.01. The van der Waals surface area contributed by atoms with Crippen LogP contribution in [0.4, 0.5) is 4.20 Å². The highest BCUT2D eigenvalue weighted by Gasteiger charge is 2.19. The minimum Gasteiger partial charge on any atom is -0.388 e. The first-order chi connectivity index (χ1) is 13.5. The van der Waals surface area contributed by atoms with Gasteiger partial charge in [-0.1, -0.05) is 103 Å². The molecule has 0 bridgehead atoms. The number of aliphatic hydroxyl groups is 1. The van der Waals surface area contributed by atoms with E-state index in [1.54, 1.807) is 0 Å². The van der Waals surface area contributed by atoms with E-state index in [1.807, 2.05) is 0 Å². The molecule has 0 aromatic carbocycles. The summed E-state index contributed by atoms with van der Waals surface area (Å²) < 4.78 is 31.8. The van der Waals surface area contributed by atoms with E-state index in [-0.39, 0.29) is 6.61 Å². The van der Waals surface area contributed by atoms with E-state index in [9.17, 15) is 13.9 Å². The molecule has 0 saturated carbocycles. The third-order valence-electron chi connectivity index (χ3n) is 4.88. The topological polar surface area (TPSA) is 76.0 Å². The van der Waals surface area contributed by atoms with Crippen LogP contribution in [0.1, 0.15) is 110 Å². The van der Waals surface area contributed by atoms with Crippen molar-refractivity contribution in [1.82, 2.24) is 0 Å². The summed E-state index contributed by atoms with van der Waals surface area (Å²) in [5.41, 5.74) is 0. The fraction of sp³-hybridized carbons (Fsp3) is 1.00. The summed E-state index contributed by atoms with van der Waals surface area (Å²) in [7, 11) is -5.01. The lowest BCUT2D eigenvalue weighted by Gasteiger charge is -2.11. The Kier molecular flexibility index (Phi) is 20.3. The van der Waals surface area contributed by atoms with E-state index in [4.69, 9.17) is 9.63 Å². The van der Waals surface area contributed by atoms with E-state index in [2.05, 4.69) is 11.4 Å². The van der Waals surface area contributed by atoms with Crippen LogP contribution in [0.3, 0.4) is 0 Å². The standard InChI is InChI=1S/C21H44FO5P/c1-2-3-4-5-6-7-8-9-10-11-12-13-14-15-16-17-18-26-19-21(23)20-27-28(22,24)25/h21,23H,2-20H2,1H3,(H,24,25). The van der Waals surface area contributed by atoms with Crippen molar-refractivity contribution >= 4 is 7.91 Å². The Morgan fingerprint density at radius 1 is 0.750 bits per heavy atom. The molecule has 0 aromatic rings. The van der Waals surface area contributed by atoms with E-state index >= 15 is 0 Å². The lowest BCUT2D eigenvalue weighted by Crippen LogP contribution is -2.21. The van der Waals surface area contributed by atoms with Gasteiger partial charge < -0.3 is 9.84 Å². The van der Waals surface area contributed by atoms with Crippen molar-refractivity contribution in [3.8, 4) is 0 Å². The van der Waals surface area contributed by atoms with Gasteiger partial charge in [-0.05, 0) is 6.42 Å². The molecule has 0 fully saturated rings. The van der Waals surface area contributed by atoms with Gasteiger partial charge in [-0.25, -0.2) is 4.57 Å². The zero-order valence-electron chi connectivity index (χ0n) is 18.0. The lowest BCUT2D eigenvalue weighted by atomic mass is 10.0. The number of ether oxygens (including phenoxy) is 1. The number of hydrogen-bond acceptors (Lipinski definition) is 4. The van der Waals surface area contributed by atoms with Crippen LogP contribution in [-0.4, -0.2) is 35.9 Å². The molecule has 0 aromatic heterocycles. The number of aliphatic hydroxyl groups excluding tert-OH is 1. The Bertz CT molecular complexity index is 365. The molecule has 0 aliphatic carbocycles. The highest BCUT2D eigenvalue weighted by molar-refractivity contribution is 7.46. The Hall–Kier alpha value is -0.0000000000000000278.